The number of carbonyl (C=O) groups excluding carboxylic acids is 1. The van der Waals surface area contributed by atoms with E-state index in [2.05, 4.69) is 20.6 Å². The number of hydrogen-bond donors (Lipinski definition) is 2. The minimum absolute atomic E-state index is 0.279. The third-order valence-corrected chi connectivity index (χ3v) is 3.50. The molecule has 0 unspecified atom stereocenters. The fourth-order valence-corrected chi connectivity index (χ4v) is 2.52. The van der Waals surface area contributed by atoms with Gasteiger partial charge in [-0.25, -0.2) is 9.97 Å². The number of hydrogen-bond acceptors (Lipinski definition) is 4. The van der Waals surface area contributed by atoms with Crippen LogP contribution in [0.2, 0.25) is 10.0 Å². The lowest BCUT2D eigenvalue weighted by Crippen LogP contribution is -2.13. The van der Waals surface area contributed by atoms with Crippen molar-refractivity contribution in [1.29, 1.82) is 0 Å². The molecule has 0 spiro atoms. The monoisotopic (exact) mass is 358 g/mol. The number of amides is 1. The van der Waals surface area contributed by atoms with Gasteiger partial charge < -0.3 is 10.6 Å². The summed E-state index contributed by atoms with van der Waals surface area (Å²) in [6.07, 6.45) is 2.89. The number of carbonyl (C=O) groups is 1. The van der Waals surface area contributed by atoms with E-state index in [1.54, 1.807) is 30.3 Å². The van der Waals surface area contributed by atoms with E-state index in [0.717, 1.165) is 0 Å². The molecule has 0 atom stereocenters. The van der Waals surface area contributed by atoms with Crippen LogP contribution in [0, 0.1) is 0 Å². The largest absolute Gasteiger partial charge is 0.324 e. The van der Waals surface area contributed by atoms with Crippen LogP contribution in [0.4, 0.5) is 17.3 Å². The molecule has 0 fully saturated rings. The molecule has 0 aliphatic rings. The minimum Gasteiger partial charge on any atom is -0.324 e. The van der Waals surface area contributed by atoms with E-state index < -0.39 is 0 Å². The summed E-state index contributed by atoms with van der Waals surface area (Å²) in [5, 5.41) is 6.75. The van der Waals surface area contributed by atoms with Gasteiger partial charge in [0.2, 0.25) is 5.95 Å². The van der Waals surface area contributed by atoms with Gasteiger partial charge in [0.1, 0.15) is 0 Å². The van der Waals surface area contributed by atoms with Crippen molar-refractivity contribution in [2.45, 2.75) is 0 Å². The first-order valence-corrected chi connectivity index (χ1v) is 7.77. The molecule has 120 valence electrons. The molecule has 0 radical (unpaired) electrons. The molecule has 0 bridgehead atoms. The van der Waals surface area contributed by atoms with Gasteiger partial charge >= 0.3 is 0 Å². The summed E-state index contributed by atoms with van der Waals surface area (Å²) >= 11 is 11.9. The quantitative estimate of drug-likeness (QED) is 0.704. The zero-order valence-corrected chi connectivity index (χ0v) is 13.8. The number of halogens is 2. The van der Waals surface area contributed by atoms with Crippen LogP contribution in [-0.4, -0.2) is 15.9 Å². The Balaban J connectivity index is 1.70. The highest BCUT2D eigenvalue weighted by molar-refractivity contribution is 6.35. The SMILES string of the molecule is O=C(Nc1ccccc1)c1cnc(Nc2cc(Cl)cc(Cl)c2)nc1. The second kappa shape index (κ2) is 7.29. The summed E-state index contributed by atoms with van der Waals surface area (Å²) < 4.78 is 0. The maximum Gasteiger partial charge on any atom is 0.258 e. The Morgan fingerprint density at radius 1 is 0.875 bits per heavy atom. The molecule has 0 saturated heterocycles. The van der Waals surface area contributed by atoms with Crippen LogP contribution in [0.3, 0.4) is 0 Å². The Bertz CT molecular complexity index is 834. The van der Waals surface area contributed by atoms with Crippen molar-refractivity contribution in [3.05, 3.63) is 76.5 Å². The van der Waals surface area contributed by atoms with Gasteiger partial charge in [-0.1, -0.05) is 41.4 Å². The van der Waals surface area contributed by atoms with Gasteiger partial charge in [-0.05, 0) is 30.3 Å². The number of rotatable bonds is 4. The number of aromatic nitrogens is 2. The average molecular weight is 359 g/mol. The smallest absolute Gasteiger partial charge is 0.258 e. The maximum atomic E-state index is 12.1. The van der Waals surface area contributed by atoms with Gasteiger partial charge in [0.25, 0.3) is 5.91 Å². The van der Waals surface area contributed by atoms with Crippen LogP contribution in [0.5, 0.6) is 0 Å². The summed E-state index contributed by atoms with van der Waals surface area (Å²) in [5.74, 6) is 0.0585. The summed E-state index contributed by atoms with van der Waals surface area (Å²) in [7, 11) is 0. The lowest BCUT2D eigenvalue weighted by atomic mass is 10.3. The molecule has 5 nitrogen and oxygen atoms in total. The van der Waals surface area contributed by atoms with Crippen LogP contribution >= 0.6 is 23.2 Å². The highest BCUT2D eigenvalue weighted by Gasteiger charge is 2.08. The predicted molar refractivity (Wildman–Crippen MR) is 96.2 cm³/mol. The molecule has 1 heterocycles. The average Bonchev–Trinajstić information content (AvgIpc) is 2.55. The zero-order valence-electron chi connectivity index (χ0n) is 12.3. The molecule has 2 aromatic carbocycles. The highest BCUT2D eigenvalue weighted by atomic mass is 35.5. The second-order valence-corrected chi connectivity index (χ2v) is 5.77. The predicted octanol–water partition coefficient (Wildman–Crippen LogP) is 4.78. The number of para-hydroxylation sites is 1. The Labute approximate surface area is 148 Å². The van der Waals surface area contributed by atoms with E-state index in [0.29, 0.717) is 32.9 Å². The topological polar surface area (TPSA) is 66.9 Å². The normalized spacial score (nSPS) is 10.2. The molecule has 1 amide bonds. The van der Waals surface area contributed by atoms with Gasteiger partial charge in [0.05, 0.1) is 5.56 Å². The number of nitrogens with one attached hydrogen (secondary N) is 2. The summed E-state index contributed by atoms with van der Waals surface area (Å²) in [4.78, 5) is 20.4. The lowest BCUT2D eigenvalue weighted by molar-refractivity contribution is 0.102. The fourth-order valence-electron chi connectivity index (χ4n) is 1.99. The standard InChI is InChI=1S/C17H12Cl2N4O/c18-12-6-13(19)8-15(7-12)23-17-20-9-11(10-21-17)16(24)22-14-4-2-1-3-5-14/h1-10H,(H,22,24)(H,20,21,23). The Kier molecular flexibility index (Phi) is 4.93. The first-order valence-electron chi connectivity index (χ1n) is 7.02. The van der Waals surface area contributed by atoms with E-state index in [9.17, 15) is 4.79 Å². The third kappa shape index (κ3) is 4.22. The molecular formula is C17H12Cl2N4O. The lowest BCUT2D eigenvalue weighted by Gasteiger charge is -2.07. The second-order valence-electron chi connectivity index (χ2n) is 4.90. The van der Waals surface area contributed by atoms with Crippen molar-refractivity contribution in [1.82, 2.24) is 9.97 Å². The number of benzene rings is 2. The van der Waals surface area contributed by atoms with Gasteiger partial charge in [-0.15, -0.1) is 0 Å². The fraction of sp³-hybridized carbons (Fsp3) is 0. The molecule has 3 rings (SSSR count). The third-order valence-electron chi connectivity index (χ3n) is 3.06. The van der Waals surface area contributed by atoms with Crippen molar-refractivity contribution >= 4 is 46.4 Å². The molecule has 1 aromatic heterocycles. The molecule has 2 N–H and O–H groups in total. The van der Waals surface area contributed by atoms with E-state index in [-0.39, 0.29) is 5.91 Å². The summed E-state index contributed by atoms with van der Waals surface area (Å²) in [6.45, 7) is 0. The van der Waals surface area contributed by atoms with E-state index in [1.165, 1.54) is 12.4 Å². The molecular weight excluding hydrogens is 347 g/mol. The molecule has 0 aliphatic heterocycles. The molecule has 7 heteroatoms. The van der Waals surface area contributed by atoms with E-state index in [1.807, 2.05) is 18.2 Å². The molecule has 3 aromatic rings. The van der Waals surface area contributed by atoms with Crippen molar-refractivity contribution in [2.24, 2.45) is 0 Å². The minimum atomic E-state index is -0.279. The Hall–Kier alpha value is -2.63. The summed E-state index contributed by atoms with van der Waals surface area (Å²) in [5.41, 5.74) is 1.72. The molecule has 0 aliphatic carbocycles. The van der Waals surface area contributed by atoms with Crippen LogP contribution in [0.15, 0.2) is 60.9 Å². The maximum absolute atomic E-state index is 12.1. The van der Waals surface area contributed by atoms with Crippen molar-refractivity contribution in [2.75, 3.05) is 10.6 Å². The van der Waals surface area contributed by atoms with E-state index in [4.69, 9.17) is 23.2 Å². The van der Waals surface area contributed by atoms with Gasteiger partial charge in [0, 0.05) is 33.8 Å². The van der Waals surface area contributed by atoms with E-state index >= 15 is 0 Å². The highest BCUT2D eigenvalue weighted by Crippen LogP contribution is 2.24. The van der Waals surface area contributed by atoms with Crippen LogP contribution in [0.25, 0.3) is 0 Å². The van der Waals surface area contributed by atoms with Crippen LogP contribution in [-0.2, 0) is 0 Å². The van der Waals surface area contributed by atoms with Crippen molar-refractivity contribution in [3.8, 4) is 0 Å². The first kappa shape index (κ1) is 16.2. The number of nitrogens with zero attached hydrogens (tertiary/aromatic N) is 2. The first-order chi connectivity index (χ1) is 11.6. The van der Waals surface area contributed by atoms with Crippen LogP contribution < -0.4 is 10.6 Å². The zero-order chi connectivity index (χ0) is 16.9. The summed E-state index contributed by atoms with van der Waals surface area (Å²) in [6, 6.07) is 14.2. The van der Waals surface area contributed by atoms with Crippen molar-refractivity contribution < 1.29 is 4.79 Å². The molecule has 24 heavy (non-hydrogen) atoms. The number of anilines is 3. The van der Waals surface area contributed by atoms with Gasteiger partial charge in [-0.2, -0.15) is 0 Å². The van der Waals surface area contributed by atoms with Gasteiger partial charge in [-0.3, -0.25) is 4.79 Å². The Morgan fingerprint density at radius 2 is 1.50 bits per heavy atom. The van der Waals surface area contributed by atoms with Crippen LogP contribution in [0.1, 0.15) is 10.4 Å². The molecule has 0 saturated carbocycles. The Morgan fingerprint density at radius 3 is 2.12 bits per heavy atom. The van der Waals surface area contributed by atoms with Crippen molar-refractivity contribution in [3.63, 3.8) is 0 Å². The van der Waals surface area contributed by atoms with Gasteiger partial charge in [0.15, 0.2) is 0 Å².